The van der Waals surface area contributed by atoms with Crippen LogP contribution < -0.4 is 24.8 Å². The summed E-state index contributed by atoms with van der Waals surface area (Å²) in [6, 6.07) is 9.95. The maximum absolute atomic E-state index is 6.32. The van der Waals surface area contributed by atoms with Crippen molar-refractivity contribution >= 4 is 17.6 Å². The maximum Gasteiger partial charge on any atom is 0.191 e. The largest absolute Gasteiger partial charge is 0.491 e. The van der Waals surface area contributed by atoms with E-state index in [-0.39, 0.29) is 0 Å². The number of fused-ring (bicyclic) bond motifs is 1. The van der Waals surface area contributed by atoms with E-state index in [9.17, 15) is 0 Å². The second kappa shape index (κ2) is 10.9. The molecule has 0 aliphatic carbocycles. The zero-order valence-corrected chi connectivity index (χ0v) is 18.3. The maximum atomic E-state index is 6.32. The molecule has 0 fully saturated rings. The van der Waals surface area contributed by atoms with E-state index in [0.717, 1.165) is 22.4 Å². The third-order valence-corrected chi connectivity index (χ3v) is 4.83. The highest BCUT2D eigenvalue weighted by Crippen LogP contribution is 2.38. The fourth-order valence-electron chi connectivity index (χ4n) is 3.03. The standard InChI is InChI=1S/C22H28ClN3O4/c1-15-4-5-17(19(10-15)28-7-6-27-3)14-26-22(24-2)25-13-16-11-18(23)21-20(12-16)29-8-9-30-21/h4-5,10-12H,6-9,13-14H2,1-3H3,(H2,24,25,26). The topological polar surface area (TPSA) is 73.3 Å². The van der Waals surface area contributed by atoms with Crippen molar-refractivity contribution in [3.63, 3.8) is 0 Å². The minimum absolute atomic E-state index is 0.505. The lowest BCUT2D eigenvalue weighted by atomic mass is 10.1. The summed E-state index contributed by atoms with van der Waals surface area (Å²) < 4.78 is 22.1. The van der Waals surface area contributed by atoms with E-state index >= 15 is 0 Å². The van der Waals surface area contributed by atoms with E-state index < -0.39 is 0 Å². The molecule has 1 heterocycles. The van der Waals surface area contributed by atoms with Gasteiger partial charge in [0.2, 0.25) is 0 Å². The predicted molar refractivity (Wildman–Crippen MR) is 118 cm³/mol. The second-order valence-corrected chi connectivity index (χ2v) is 7.24. The number of methoxy groups -OCH3 is 1. The van der Waals surface area contributed by atoms with Crippen LogP contribution in [0, 0.1) is 6.92 Å². The molecule has 1 aliphatic heterocycles. The van der Waals surface area contributed by atoms with Gasteiger partial charge >= 0.3 is 0 Å². The van der Waals surface area contributed by atoms with Crippen molar-refractivity contribution < 1.29 is 18.9 Å². The van der Waals surface area contributed by atoms with Gasteiger partial charge < -0.3 is 29.6 Å². The highest BCUT2D eigenvalue weighted by Gasteiger charge is 2.16. The Balaban J connectivity index is 1.59. The molecule has 3 rings (SSSR count). The van der Waals surface area contributed by atoms with Crippen molar-refractivity contribution in [2.75, 3.05) is 40.6 Å². The molecule has 30 heavy (non-hydrogen) atoms. The van der Waals surface area contributed by atoms with Crippen LogP contribution in [0.25, 0.3) is 0 Å². The van der Waals surface area contributed by atoms with Crippen LogP contribution in [0.2, 0.25) is 5.02 Å². The number of nitrogens with zero attached hydrogens (tertiary/aromatic N) is 1. The first-order valence-electron chi connectivity index (χ1n) is 9.84. The van der Waals surface area contributed by atoms with Crippen molar-refractivity contribution in [2.24, 2.45) is 4.99 Å². The molecule has 1 aliphatic rings. The van der Waals surface area contributed by atoms with Crippen LogP contribution in [-0.4, -0.2) is 46.5 Å². The number of aryl methyl sites for hydroxylation is 1. The SMILES string of the molecule is CN=C(NCc1cc(Cl)c2c(c1)OCCO2)NCc1ccc(C)cc1OCCOC. The Morgan fingerprint density at radius 2 is 1.90 bits per heavy atom. The Hall–Kier alpha value is -2.64. The summed E-state index contributed by atoms with van der Waals surface area (Å²) in [5.74, 6) is 2.79. The molecule has 0 saturated carbocycles. The number of hydrogen-bond acceptors (Lipinski definition) is 5. The van der Waals surface area contributed by atoms with E-state index in [0.29, 0.717) is 62.0 Å². The molecule has 0 atom stereocenters. The fraction of sp³-hybridized carbons (Fsp3) is 0.409. The quantitative estimate of drug-likeness (QED) is 0.378. The summed E-state index contributed by atoms with van der Waals surface area (Å²) in [5.41, 5.74) is 3.16. The van der Waals surface area contributed by atoms with Crippen molar-refractivity contribution in [3.05, 3.63) is 52.0 Å². The number of benzene rings is 2. The Labute approximate surface area is 182 Å². The van der Waals surface area contributed by atoms with E-state index in [2.05, 4.69) is 27.8 Å². The van der Waals surface area contributed by atoms with E-state index in [4.69, 9.17) is 30.5 Å². The third-order valence-electron chi connectivity index (χ3n) is 4.55. The van der Waals surface area contributed by atoms with Gasteiger partial charge in [-0.3, -0.25) is 4.99 Å². The normalized spacial score (nSPS) is 13.1. The van der Waals surface area contributed by atoms with Gasteiger partial charge in [-0.05, 0) is 36.2 Å². The molecule has 2 aromatic rings. The molecule has 162 valence electrons. The summed E-state index contributed by atoms with van der Waals surface area (Å²) in [4.78, 5) is 4.30. The number of guanidine groups is 1. The van der Waals surface area contributed by atoms with Gasteiger partial charge in [0.1, 0.15) is 25.6 Å². The first-order valence-corrected chi connectivity index (χ1v) is 10.2. The van der Waals surface area contributed by atoms with Gasteiger partial charge in [-0.2, -0.15) is 0 Å². The molecule has 7 nitrogen and oxygen atoms in total. The van der Waals surface area contributed by atoms with Gasteiger partial charge in [0.05, 0.1) is 11.6 Å². The minimum atomic E-state index is 0.505. The van der Waals surface area contributed by atoms with Gasteiger partial charge in [-0.15, -0.1) is 0 Å². The molecular formula is C22H28ClN3O4. The van der Waals surface area contributed by atoms with Crippen molar-refractivity contribution in [1.82, 2.24) is 10.6 Å². The Kier molecular flexibility index (Phi) is 8.04. The van der Waals surface area contributed by atoms with Gasteiger partial charge in [-0.25, -0.2) is 0 Å². The van der Waals surface area contributed by atoms with Crippen LogP contribution in [0.15, 0.2) is 35.3 Å². The monoisotopic (exact) mass is 433 g/mol. The minimum Gasteiger partial charge on any atom is -0.491 e. The highest BCUT2D eigenvalue weighted by molar-refractivity contribution is 6.32. The number of aliphatic imine (C=N–C) groups is 1. The molecule has 0 amide bonds. The van der Waals surface area contributed by atoms with Crippen molar-refractivity contribution in [3.8, 4) is 17.2 Å². The lowest BCUT2D eigenvalue weighted by Gasteiger charge is -2.20. The first kappa shape index (κ1) is 22.1. The Morgan fingerprint density at radius 1 is 1.10 bits per heavy atom. The molecule has 2 N–H and O–H groups in total. The van der Waals surface area contributed by atoms with Crippen LogP contribution in [0.1, 0.15) is 16.7 Å². The summed E-state index contributed by atoms with van der Waals surface area (Å²) in [6.45, 7) is 5.24. The Morgan fingerprint density at radius 3 is 2.70 bits per heavy atom. The van der Waals surface area contributed by atoms with Crippen LogP contribution in [0.3, 0.4) is 0 Å². The average Bonchev–Trinajstić information content (AvgIpc) is 2.75. The number of nitrogens with one attached hydrogen (secondary N) is 2. The molecule has 0 bridgehead atoms. The van der Waals surface area contributed by atoms with E-state index in [1.807, 2.05) is 25.1 Å². The van der Waals surface area contributed by atoms with Crippen LogP contribution in [0.4, 0.5) is 0 Å². The molecule has 2 aromatic carbocycles. The van der Waals surface area contributed by atoms with E-state index in [1.165, 1.54) is 0 Å². The number of ether oxygens (including phenoxy) is 4. The zero-order chi connectivity index (χ0) is 21.3. The summed E-state index contributed by atoms with van der Waals surface area (Å²) in [6.07, 6.45) is 0. The smallest absolute Gasteiger partial charge is 0.191 e. The molecule has 0 radical (unpaired) electrons. The lowest BCUT2D eigenvalue weighted by Crippen LogP contribution is -2.36. The lowest BCUT2D eigenvalue weighted by molar-refractivity contribution is 0.145. The number of rotatable bonds is 8. The number of hydrogen-bond donors (Lipinski definition) is 2. The summed E-state index contributed by atoms with van der Waals surface area (Å²) in [5, 5.41) is 7.16. The Bertz CT molecular complexity index is 889. The highest BCUT2D eigenvalue weighted by atomic mass is 35.5. The second-order valence-electron chi connectivity index (χ2n) is 6.83. The van der Waals surface area contributed by atoms with Gasteiger partial charge in [0, 0.05) is 32.8 Å². The fourth-order valence-corrected chi connectivity index (χ4v) is 3.32. The van der Waals surface area contributed by atoms with Gasteiger partial charge in [0.15, 0.2) is 17.5 Å². The van der Waals surface area contributed by atoms with Crippen molar-refractivity contribution in [1.29, 1.82) is 0 Å². The molecule has 0 spiro atoms. The first-order chi connectivity index (χ1) is 14.6. The predicted octanol–water partition coefficient (Wildman–Crippen LogP) is 3.31. The van der Waals surface area contributed by atoms with E-state index in [1.54, 1.807) is 14.2 Å². The summed E-state index contributed by atoms with van der Waals surface area (Å²) >= 11 is 6.32. The van der Waals surface area contributed by atoms with Crippen LogP contribution in [0.5, 0.6) is 17.2 Å². The zero-order valence-electron chi connectivity index (χ0n) is 17.6. The summed E-state index contributed by atoms with van der Waals surface area (Å²) in [7, 11) is 3.39. The molecule has 0 aromatic heterocycles. The van der Waals surface area contributed by atoms with Crippen molar-refractivity contribution in [2.45, 2.75) is 20.0 Å². The van der Waals surface area contributed by atoms with Crippen LogP contribution >= 0.6 is 11.6 Å². The van der Waals surface area contributed by atoms with Crippen LogP contribution in [-0.2, 0) is 17.8 Å². The van der Waals surface area contributed by atoms with Gasteiger partial charge in [0.25, 0.3) is 0 Å². The number of halogens is 1. The average molecular weight is 434 g/mol. The molecular weight excluding hydrogens is 406 g/mol. The van der Waals surface area contributed by atoms with Gasteiger partial charge in [-0.1, -0.05) is 23.7 Å². The molecule has 0 saturated heterocycles. The molecule has 0 unspecified atom stereocenters. The third kappa shape index (κ3) is 5.93. The molecule has 8 heteroatoms.